The maximum absolute atomic E-state index is 12.7. The first-order valence-corrected chi connectivity index (χ1v) is 10.4. The Balaban J connectivity index is 1.86. The Labute approximate surface area is 162 Å². The minimum Gasteiger partial charge on any atom is -0.454 e. The normalized spacial score (nSPS) is 13.9. The van der Waals surface area contributed by atoms with Crippen LogP contribution < -0.4 is 19.1 Å². The van der Waals surface area contributed by atoms with Crippen molar-refractivity contribution in [2.75, 3.05) is 22.7 Å². The molecule has 3 rings (SSSR count). The van der Waals surface area contributed by atoms with Gasteiger partial charge in [-0.15, -0.1) is 0 Å². The smallest absolute Gasteiger partial charge is 0.247 e. The van der Waals surface area contributed by atoms with Gasteiger partial charge in [-0.1, -0.05) is 17.7 Å². The number of nitrogens with one attached hydrogen (secondary N) is 1. The van der Waals surface area contributed by atoms with Crippen molar-refractivity contribution in [2.45, 2.75) is 19.9 Å². The lowest BCUT2D eigenvalue weighted by molar-refractivity contribution is -0.116. The maximum Gasteiger partial charge on any atom is 0.247 e. The van der Waals surface area contributed by atoms with Gasteiger partial charge in [-0.05, 0) is 43.7 Å². The summed E-state index contributed by atoms with van der Waals surface area (Å²) in [5, 5.41) is 3.13. The predicted octanol–water partition coefficient (Wildman–Crippen LogP) is 3.17. The van der Waals surface area contributed by atoms with Crippen LogP contribution in [0.2, 0.25) is 5.02 Å². The minimum absolute atomic E-state index is 0.124. The summed E-state index contributed by atoms with van der Waals surface area (Å²) in [5.41, 5.74) is 1.61. The second kappa shape index (κ2) is 7.28. The average Bonchev–Trinajstić information content (AvgIpc) is 3.04. The summed E-state index contributed by atoms with van der Waals surface area (Å²) in [6.07, 6.45) is 1.05. The fraction of sp³-hybridized carbons (Fsp3) is 0.278. The molecule has 0 aliphatic carbocycles. The first-order valence-electron chi connectivity index (χ1n) is 8.13. The molecule has 27 heavy (non-hydrogen) atoms. The summed E-state index contributed by atoms with van der Waals surface area (Å²) in [4.78, 5) is 12.7. The minimum atomic E-state index is -3.72. The van der Waals surface area contributed by atoms with Crippen molar-refractivity contribution < 1.29 is 22.7 Å². The highest BCUT2D eigenvalue weighted by atomic mass is 35.5. The van der Waals surface area contributed by atoms with Gasteiger partial charge in [-0.3, -0.25) is 9.10 Å². The van der Waals surface area contributed by atoms with E-state index in [-0.39, 0.29) is 6.79 Å². The van der Waals surface area contributed by atoms with E-state index in [9.17, 15) is 13.2 Å². The van der Waals surface area contributed by atoms with E-state index < -0.39 is 22.0 Å². The molecule has 9 heteroatoms. The van der Waals surface area contributed by atoms with E-state index >= 15 is 0 Å². The second-order valence-electron chi connectivity index (χ2n) is 6.23. The van der Waals surface area contributed by atoms with Crippen molar-refractivity contribution in [2.24, 2.45) is 0 Å². The number of aryl methyl sites for hydroxylation is 1. The Morgan fingerprint density at radius 3 is 2.56 bits per heavy atom. The molecule has 0 bridgehead atoms. The number of ether oxygens (including phenoxy) is 2. The van der Waals surface area contributed by atoms with Crippen molar-refractivity contribution in [3.8, 4) is 11.5 Å². The molecule has 0 radical (unpaired) electrons. The van der Waals surface area contributed by atoms with Crippen LogP contribution in [0.5, 0.6) is 11.5 Å². The number of hydrogen-bond acceptors (Lipinski definition) is 5. The number of benzene rings is 2. The number of halogens is 1. The lowest BCUT2D eigenvalue weighted by Gasteiger charge is -2.28. The highest BCUT2D eigenvalue weighted by Crippen LogP contribution is 2.34. The molecule has 2 aromatic rings. The summed E-state index contributed by atoms with van der Waals surface area (Å²) in [5.74, 6) is 0.620. The van der Waals surface area contributed by atoms with Crippen LogP contribution in [0.4, 0.5) is 11.4 Å². The van der Waals surface area contributed by atoms with Crippen molar-refractivity contribution in [3.63, 3.8) is 0 Å². The van der Waals surface area contributed by atoms with E-state index in [0.29, 0.717) is 27.9 Å². The van der Waals surface area contributed by atoms with Crippen LogP contribution in [0, 0.1) is 6.92 Å². The summed E-state index contributed by atoms with van der Waals surface area (Å²) in [7, 11) is -3.72. The third-order valence-corrected chi connectivity index (χ3v) is 5.79. The zero-order chi connectivity index (χ0) is 19.8. The molecule has 0 fully saturated rings. The van der Waals surface area contributed by atoms with Crippen LogP contribution in [-0.2, 0) is 14.8 Å². The zero-order valence-corrected chi connectivity index (χ0v) is 16.6. The number of fused-ring (bicyclic) bond motifs is 1. The first-order chi connectivity index (χ1) is 12.7. The number of nitrogens with zero attached hydrogens (tertiary/aromatic N) is 1. The predicted molar refractivity (Wildman–Crippen MR) is 104 cm³/mol. The van der Waals surface area contributed by atoms with Gasteiger partial charge in [0.25, 0.3) is 0 Å². The molecular formula is C18H19ClN2O5S. The first kappa shape index (κ1) is 19.3. The molecule has 2 aromatic carbocycles. The number of hydrogen-bond donors (Lipinski definition) is 1. The summed E-state index contributed by atoms with van der Waals surface area (Å²) < 4.78 is 36.2. The molecule has 1 amide bonds. The van der Waals surface area contributed by atoms with Crippen LogP contribution in [0.15, 0.2) is 36.4 Å². The lowest BCUT2D eigenvalue weighted by Crippen LogP contribution is -2.45. The van der Waals surface area contributed by atoms with Crippen LogP contribution in [-0.4, -0.2) is 33.4 Å². The summed E-state index contributed by atoms with van der Waals surface area (Å²) >= 11 is 6.13. The molecule has 1 aliphatic heterocycles. The molecule has 1 atom stereocenters. The van der Waals surface area contributed by atoms with Crippen molar-refractivity contribution in [3.05, 3.63) is 47.0 Å². The fourth-order valence-corrected chi connectivity index (χ4v) is 4.09. The third-order valence-electron chi connectivity index (χ3n) is 4.14. The standard InChI is InChI=1S/C18H19ClN2O5S/c1-11-4-6-14(9-15(11)19)21(27(3,23)24)12(2)18(22)20-13-5-7-16-17(8-13)26-10-25-16/h4-9,12H,10H2,1-3H3,(H,20,22)/t12-/m1/s1. The molecule has 0 aromatic heterocycles. The van der Waals surface area contributed by atoms with Crippen LogP contribution in [0.1, 0.15) is 12.5 Å². The monoisotopic (exact) mass is 410 g/mol. The maximum atomic E-state index is 12.7. The largest absolute Gasteiger partial charge is 0.454 e. The fourth-order valence-electron chi connectivity index (χ4n) is 2.75. The lowest BCUT2D eigenvalue weighted by atomic mass is 10.2. The SMILES string of the molecule is Cc1ccc(N([C@H](C)C(=O)Nc2ccc3c(c2)OCO3)S(C)(=O)=O)cc1Cl. The van der Waals surface area contributed by atoms with Gasteiger partial charge in [-0.2, -0.15) is 0 Å². The van der Waals surface area contributed by atoms with E-state index in [1.807, 2.05) is 6.92 Å². The van der Waals surface area contributed by atoms with Crippen LogP contribution >= 0.6 is 11.6 Å². The van der Waals surface area contributed by atoms with Gasteiger partial charge in [0.15, 0.2) is 11.5 Å². The summed E-state index contributed by atoms with van der Waals surface area (Å²) in [6.45, 7) is 3.45. The second-order valence-corrected chi connectivity index (χ2v) is 8.49. The molecule has 7 nitrogen and oxygen atoms in total. The van der Waals surface area contributed by atoms with Gasteiger partial charge in [0.05, 0.1) is 11.9 Å². The van der Waals surface area contributed by atoms with E-state index in [4.69, 9.17) is 21.1 Å². The Bertz CT molecular complexity index is 993. The number of carbonyl (C=O) groups excluding carboxylic acids is 1. The van der Waals surface area contributed by atoms with Gasteiger partial charge in [0, 0.05) is 16.8 Å². The quantitative estimate of drug-likeness (QED) is 0.818. The number of amides is 1. The third kappa shape index (κ3) is 4.12. The molecule has 1 N–H and O–H groups in total. The Hall–Kier alpha value is -2.45. The van der Waals surface area contributed by atoms with Gasteiger partial charge in [0.2, 0.25) is 22.7 Å². The molecule has 0 spiro atoms. The van der Waals surface area contributed by atoms with Crippen molar-refractivity contribution in [1.82, 2.24) is 0 Å². The van der Waals surface area contributed by atoms with Gasteiger partial charge in [0.1, 0.15) is 6.04 Å². The molecule has 0 unspecified atom stereocenters. The number of rotatable bonds is 5. The van der Waals surface area contributed by atoms with E-state index in [2.05, 4.69) is 5.32 Å². The number of anilines is 2. The van der Waals surface area contributed by atoms with Crippen molar-refractivity contribution in [1.29, 1.82) is 0 Å². The zero-order valence-electron chi connectivity index (χ0n) is 15.0. The van der Waals surface area contributed by atoms with Gasteiger partial charge < -0.3 is 14.8 Å². The Morgan fingerprint density at radius 2 is 1.89 bits per heavy atom. The number of sulfonamides is 1. The molecule has 1 aliphatic rings. The molecule has 0 saturated heterocycles. The highest BCUT2D eigenvalue weighted by Gasteiger charge is 2.29. The highest BCUT2D eigenvalue weighted by molar-refractivity contribution is 7.92. The Kier molecular flexibility index (Phi) is 5.21. The molecule has 144 valence electrons. The van der Waals surface area contributed by atoms with E-state index in [0.717, 1.165) is 16.1 Å². The summed E-state index contributed by atoms with van der Waals surface area (Å²) in [6, 6.07) is 8.82. The van der Waals surface area contributed by atoms with E-state index in [1.165, 1.54) is 13.0 Å². The topological polar surface area (TPSA) is 84.9 Å². The van der Waals surface area contributed by atoms with Crippen molar-refractivity contribution >= 4 is 38.9 Å². The average molecular weight is 411 g/mol. The number of carbonyl (C=O) groups is 1. The van der Waals surface area contributed by atoms with Crippen LogP contribution in [0.25, 0.3) is 0 Å². The molecule has 1 heterocycles. The molecular weight excluding hydrogens is 392 g/mol. The molecule has 0 saturated carbocycles. The van der Waals surface area contributed by atoms with E-state index in [1.54, 1.807) is 30.3 Å². The van der Waals surface area contributed by atoms with Gasteiger partial charge in [-0.25, -0.2) is 8.42 Å². The van der Waals surface area contributed by atoms with Crippen LogP contribution in [0.3, 0.4) is 0 Å². The van der Waals surface area contributed by atoms with Gasteiger partial charge >= 0.3 is 0 Å². The Morgan fingerprint density at radius 1 is 1.19 bits per heavy atom.